The maximum Gasteiger partial charge on any atom is 0.291 e. The molecule has 4 aromatic rings. The van der Waals surface area contributed by atoms with E-state index in [2.05, 4.69) is 6.92 Å². The van der Waals surface area contributed by atoms with Gasteiger partial charge in [-0.3, -0.25) is 9.59 Å². The molecule has 0 saturated heterocycles. The smallest absolute Gasteiger partial charge is 0.291 e. The van der Waals surface area contributed by atoms with Crippen molar-refractivity contribution in [3.63, 3.8) is 0 Å². The molecule has 1 amide bonds. The number of nitrogens with zero attached hydrogens (tertiary/aromatic N) is 1. The molecule has 1 atom stereocenters. The van der Waals surface area contributed by atoms with E-state index in [0.717, 1.165) is 30.4 Å². The second-order valence-corrected chi connectivity index (χ2v) is 9.60. The fourth-order valence-electron chi connectivity index (χ4n) is 4.94. The fraction of sp³-hybridized carbons (Fsp3) is 0.290. The van der Waals surface area contributed by atoms with Gasteiger partial charge in [0.15, 0.2) is 16.9 Å². The number of carbonyl (C=O) groups is 1. The van der Waals surface area contributed by atoms with Crippen molar-refractivity contribution in [3.05, 3.63) is 105 Å². The zero-order valence-corrected chi connectivity index (χ0v) is 21.8. The number of rotatable bonds is 9. The van der Waals surface area contributed by atoms with Crippen LogP contribution >= 0.6 is 0 Å². The highest BCUT2D eigenvalue weighted by atomic mass is 19.1. The number of benzene rings is 3. The normalized spacial score (nSPS) is 14.7. The van der Waals surface area contributed by atoms with Crippen molar-refractivity contribution in [2.24, 2.45) is 0 Å². The average molecular weight is 516 g/mol. The van der Waals surface area contributed by atoms with Crippen molar-refractivity contribution in [2.45, 2.75) is 45.7 Å². The maximum absolute atomic E-state index is 13.8. The van der Waals surface area contributed by atoms with Crippen LogP contribution in [0, 0.1) is 12.7 Å². The Bertz CT molecular complexity index is 1540. The number of halogens is 1. The third kappa shape index (κ3) is 4.76. The lowest BCUT2D eigenvalue weighted by molar-refractivity contribution is 0.0714. The van der Waals surface area contributed by atoms with Gasteiger partial charge in [-0.1, -0.05) is 49.6 Å². The van der Waals surface area contributed by atoms with Crippen molar-refractivity contribution in [3.8, 4) is 11.5 Å². The third-order valence-corrected chi connectivity index (χ3v) is 6.90. The molecule has 6 nitrogen and oxygen atoms in total. The quantitative estimate of drug-likeness (QED) is 0.236. The van der Waals surface area contributed by atoms with Gasteiger partial charge in [0.2, 0.25) is 5.76 Å². The van der Waals surface area contributed by atoms with E-state index in [4.69, 9.17) is 13.9 Å². The molecule has 0 bridgehead atoms. The molecule has 1 aliphatic heterocycles. The lowest BCUT2D eigenvalue weighted by atomic mass is 9.97. The van der Waals surface area contributed by atoms with Gasteiger partial charge in [0.1, 0.15) is 11.4 Å². The Balaban J connectivity index is 1.62. The molecule has 2 heterocycles. The van der Waals surface area contributed by atoms with Gasteiger partial charge in [0, 0.05) is 6.54 Å². The Morgan fingerprint density at radius 1 is 0.974 bits per heavy atom. The summed E-state index contributed by atoms with van der Waals surface area (Å²) >= 11 is 0. The molecule has 196 valence electrons. The van der Waals surface area contributed by atoms with Gasteiger partial charge in [0.05, 0.1) is 30.7 Å². The van der Waals surface area contributed by atoms with Crippen molar-refractivity contribution in [1.29, 1.82) is 0 Å². The molecule has 0 spiro atoms. The molecule has 0 saturated carbocycles. The Kier molecular flexibility index (Phi) is 7.18. The summed E-state index contributed by atoms with van der Waals surface area (Å²) in [4.78, 5) is 29.1. The fourth-order valence-corrected chi connectivity index (χ4v) is 4.94. The van der Waals surface area contributed by atoms with E-state index in [1.54, 1.807) is 42.3 Å². The van der Waals surface area contributed by atoms with Crippen LogP contribution in [-0.4, -0.2) is 24.5 Å². The van der Waals surface area contributed by atoms with E-state index < -0.39 is 11.9 Å². The van der Waals surface area contributed by atoms with Crippen LogP contribution in [0.25, 0.3) is 11.0 Å². The average Bonchev–Trinajstić information content (AvgIpc) is 3.19. The topological polar surface area (TPSA) is 69.0 Å². The first-order valence-corrected chi connectivity index (χ1v) is 12.8. The van der Waals surface area contributed by atoms with Crippen LogP contribution in [0.3, 0.4) is 0 Å². The first-order chi connectivity index (χ1) is 18.4. The summed E-state index contributed by atoms with van der Waals surface area (Å²) in [5, 5.41) is 0.424. The molecule has 0 N–H and O–H groups in total. The van der Waals surface area contributed by atoms with E-state index >= 15 is 0 Å². The monoisotopic (exact) mass is 515 g/mol. The van der Waals surface area contributed by atoms with Crippen LogP contribution in [-0.2, 0) is 6.54 Å². The molecule has 0 fully saturated rings. The van der Waals surface area contributed by atoms with Crippen molar-refractivity contribution in [2.75, 3.05) is 13.7 Å². The van der Waals surface area contributed by atoms with Crippen molar-refractivity contribution in [1.82, 2.24) is 4.90 Å². The minimum Gasteiger partial charge on any atom is -0.493 e. The van der Waals surface area contributed by atoms with Gasteiger partial charge in [-0.25, -0.2) is 4.39 Å². The predicted molar refractivity (Wildman–Crippen MR) is 143 cm³/mol. The highest BCUT2D eigenvalue weighted by molar-refractivity contribution is 5.99. The Labute approximate surface area is 220 Å². The zero-order valence-electron chi connectivity index (χ0n) is 21.8. The summed E-state index contributed by atoms with van der Waals surface area (Å²) < 4.78 is 31.2. The minimum absolute atomic E-state index is 0.0253. The van der Waals surface area contributed by atoms with Crippen LogP contribution in [0.4, 0.5) is 4.39 Å². The molecule has 38 heavy (non-hydrogen) atoms. The standard InChI is InChI=1S/C31H30FNO5/c1-4-5-6-15-37-25-14-10-21(17-26(25)36-3)28-27-29(34)23-16-19(2)7-13-24(23)38-30(27)31(35)33(28)18-20-8-11-22(32)12-9-20/h7-14,16-17,28H,4-6,15,18H2,1-3H3. The van der Waals surface area contributed by atoms with Crippen LogP contribution in [0.1, 0.15) is 65.0 Å². The largest absolute Gasteiger partial charge is 0.493 e. The van der Waals surface area contributed by atoms with Gasteiger partial charge in [-0.2, -0.15) is 0 Å². The lowest BCUT2D eigenvalue weighted by Crippen LogP contribution is -2.29. The number of hydrogen-bond donors (Lipinski definition) is 0. The summed E-state index contributed by atoms with van der Waals surface area (Å²) in [5.41, 5.74) is 2.74. The van der Waals surface area contributed by atoms with Gasteiger partial charge < -0.3 is 18.8 Å². The number of carbonyl (C=O) groups excluding carboxylic acids is 1. The summed E-state index contributed by atoms with van der Waals surface area (Å²) in [6.45, 7) is 4.77. The number of aryl methyl sites for hydroxylation is 1. The lowest BCUT2D eigenvalue weighted by Gasteiger charge is -2.26. The molecule has 5 rings (SSSR count). The first kappa shape index (κ1) is 25.5. The Morgan fingerprint density at radius 2 is 1.76 bits per heavy atom. The van der Waals surface area contributed by atoms with Crippen LogP contribution in [0.5, 0.6) is 11.5 Å². The highest BCUT2D eigenvalue weighted by Gasteiger charge is 2.43. The second kappa shape index (κ2) is 10.7. The molecular formula is C31H30FNO5. The molecule has 1 aromatic heterocycles. The predicted octanol–water partition coefficient (Wildman–Crippen LogP) is 6.56. The molecule has 1 aliphatic rings. The molecule has 7 heteroatoms. The van der Waals surface area contributed by atoms with E-state index in [-0.39, 0.29) is 29.1 Å². The second-order valence-electron chi connectivity index (χ2n) is 9.60. The Hall–Kier alpha value is -4.13. The summed E-state index contributed by atoms with van der Waals surface area (Å²) in [6.07, 6.45) is 3.10. The number of hydrogen-bond acceptors (Lipinski definition) is 5. The molecular weight excluding hydrogens is 485 g/mol. The number of ether oxygens (including phenoxy) is 2. The Morgan fingerprint density at radius 3 is 2.50 bits per heavy atom. The van der Waals surface area contributed by atoms with Crippen molar-refractivity contribution >= 4 is 16.9 Å². The third-order valence-electron chi connectivity index (χ3n) is 6.90. The zero-order chi connectivity index (χ0) is 26.8. The molecule has 3 aromatic carbocycles. The summed E-state index contributed by atoms with van der Waals surface area (Å²) in [5.74, 6) is 0.384. The van der Waals surface area contributed by atoms with Gasteiger partial charge >= 0.3 is 0 Å². The molecule has 0 aliphatic carbocycles. The number of amides is 1. The van der Waals surface area contributed by atoms with Gasteiger partial charge in [-0.15, -0.1) is 0 Å². The van der Waals surface area contributed by atoms with Gasteiger partial charge in [0.25, 0.3) is 5.91 Å². The SMILES string of the molecule is CCCCCOc1ccc(C2c3c(oc4ccc(C)cc4c3=O)C(=O)N2Cc2ccc(F)cc2)cc1OC. The number of methoxy groups -OCH3 is 1. The number of unbranched alkanes of at least 4 members (excludes halogenated alkanes) is 2. The van der Waals surface area contributed by atoms with E-state index in [1.807, 2.05) is 25.1 Å². The first-order valence-electron chi connectivity index (χ1n) is 12.8. The van der Waals surface area contributed by atoms with Crippen LogP contribution in [0.15, 0.2) is 69.9 Å². The van der Waals surface area contributed by atoms with Gasteiger partial charge in [-0.05, 0) is 60.9 Å². The molecule has 1 unspecified atom stereocenters. The molecule has 0 radical (unpaired) electrons. The maximum atomic E-state index is 13.8. The van der Waals surface area contributed by atoms with E-state index in [0.29, 0.717) is 34.6 Å². The van der Waals surface area contributed by atoms with Crippen LogP contribution < -0.4 is 14.9 Å². The van der Waals surface area contributed by atoms with Crippen molar-refractivity contribution < 1.29 is 23.1 Å². The number of fused-ring (bicyclic) bond motifs is 2. The highest BCUT2D eigenvalue weighted by Crippen LogP contribution is 2.41. The van der Waals surface area contributed by atoms with E-state index in [9.17, 15) is 14.0 Å². The van der Waals surface area contributed by atoms with Crippen LogP contribution in [0.2, 0.25) is 0 Å². The van der Waals surface area contributed by atoms with E-state index in [1.165, 1.54) is 12.1 Å². The summed E-state index contributed by atoms with van der Waals surface area (Å²) in [6, 6.07) is 16.1. The summed E-state index contributed by atoms with van der Waals surface area (Å²) in [7, 11) is 1.56. The minimum atomic E-state index is -0.716.